The van der Waals surface area contributed by atoms with Crippen LogP contribution in [0, 0.1) is 6.92 Å². The lowest BCUT2D eigenvalue weighted by Gasteiger charge is -2.12. The average Bonchev–Trinajstić information content (AvgIpc) is 2.97. The minimum absolute atomic E-state index is 0.166. The molecule has 0 bridgehead atoms. The Morgan fingerprint density at radius 3 is 3.00 bits per heavy atom. The standard InChI is InChI=1S/C12H16O2/c1-9-4-3-5-11(6-9)10(2)13-7-12-8-14-12/h3-6,10,12H,7-8H2,1-2H3/t10-,12+/m0/s1. The number of ether oxygens (including phenoxy) is 2. The van der Waals surface area contributed by atoms with E-state index in [9.17, 15) is 0 Å². The van der Waals surface area contributed by atoms with E-state index >= 15 is 0 Å². The van der Waals surface area contributed by atoms with Gasteiger partial charge < -0.3 is 9.47 Å². The Hall–Kier alpha value is -0.860. The molecule has 1 aliphatic rings. The van der Waals surface area contributed by atoms with Crippen LogP contribution in [0.2, 0.25) is 0 Å². The van der Waals surface area contributed by atoms with Crippen molar-refractivity contribution in [2.24, 2.45) is 0 Å². The molecule has 1 aromatic rings. The molecule has 1 heterocycles. The molecule has 2 heteroatoms. The van der Waals surface area contributed by atoms with E-state index in [1.54, 1.807) is 0 Å². The highest BCUT2D eigenvalue weighted by Gasteiger charge is 2.23. The number of hydrogen-bond donors (Lipinski definition) is 0. The van der Waals surface area contributed by atoms with Crippen LogP contribution in [0.4, 0.5) is 0 Å². The highest BCUT2D eigenvalue weighted by atomic mass is 16.6. The quantitative estimate of drug-likeness (QED) is 0.683. The Labute approximate surface area is 84.8 Å². The molecule has 0 spiro atoms. The monoisotopic (exact) mass is 192 g/mol. The van der Waals surface area contributed by atoms with Crippen molar-refractivity contribution in [2.75, 3.05) is 13.2 Å². The van der Waals surface area contributed by atoms with Crippen LogP contribution >= 0.6 is 0 Å². The lowest BCUT2D eigenvalue weighted by atomic mass is 10.1. The van der Waals surface area contributed by atoms with Crippen LogP contribution < -0.4 is 0 Å². The molecule has 2 rings (SSSR count). The molecule has 2 atom stereocenters. The van der Waals surface area contributed by atoms with Crippen LogP contribution in [-0.2, 0) is 9.47 Å². The zero-order valence-electron chi connectivity index (χ0n) is 8.69. The SMILES string of the molecule is Cc1cccc([C@H](C)OC[C@@H]2CO2)c1. The van der Waals surface area contributed by atoms with Crippen LogP contribution in [0.3, 0.4) is 0 Å². The van der Waals surface area contributed by atoms with Gasteiger partial charge in [0.15, 0.2) is 0 Å². The molecule has 0 N–H and O–H groups in total. The number of aryl methyl sites for hydroxylation is 1. The summed E-state index contributed by atoms with van der Waals surface area (Å²) in [5.41, 5.74) is 2.52. The molecular weight excluding hydrogens is 176 g/mol. The van der Waals surface area contributed by atoms with Crippen molar-refractivity contribution in [3.63, 3.8) is 0 Å². The summed E-state index contributed by atoms with van der Waals surface area (Å²) in [7, 11) is 0. The summed E-state index contributed by atoms with van der Waals surface area (Å²) in [6.45, 7) is 5.76. The first-order valence-corrected chi connectivity index (χ1v) is 5.05. The Morgan fingerprint density at radius 1 is 1.57 bits per heavy atom. The van der Waals surface area contributed by atoms with Gasteiger partial charge in [0.05, 0.1) is 19.3 Å². The molecule has 76 valence electrons. The first-order valence-electron chi connectivity index (χ1n) is 5.05. The fourth-order valence-corrected chi connectivity index (χ4v) is 1.44. The van der Waals surface area contributed by atoms with Crippen molar-refractivity contribution in [1.82, 2.24) is 0 Å². The van der Waals surface area contributed by atoms with Crippen molar-refractivity contribution in [3.8, 4) is 0 Å². The average molecular weight is 192 g/mol. The highest BCUT2D eigenvalue weighted by Crippen LogP contribution is 2.20. The first-order chi connectivity index (χ1) is 6.75. The lowest BCUT2D eigenvalue weighted by Crippen LogP contribution is -2.06. The number of epoxide rings is 1. The van der Waals surface area contributed by atoms with Gasteiger partial charge in [-0.1, -0.05) is 29.8 Å². The fraction of sp³-hybridized carbons (Fsp3) is 0.500. The minimum Gasteiger partial charge on any atom is -0.371 e. The van der Waals surface area contributed by atoms with Crippen LogP contribution in [0.15, 0.2) is 24.3 Å². The maximum atomic E-state index is 5.68. The molecule has 14 heavy (non-hydrogen) atoms. The molecule has 0 aromatic heterocycles. The van der Waals surface area contributed by atoms with Gasteiger partial charge in [0, 0.05) is 0 Å². The van der Waals surface area contributed by atoms with Gasteiger partial charge in [0.25, 0.3) is 0 Å². The van der Waals surface area contributed by atoms with Gasteiger partial charge in [0.1, 0.15) is 6.10 Å². The Balaban J connectivity index is 1.91. The van der Waals surface area contributed by atoms with Gasteiger partial charge in [-0.3, -0.25) is 0 Å². The van der Waals surface area contributed by atoms with Gasteiger partial charge >= 0.3 is 0 Å². The molecule has 0 radical (unpaired) electrons. The minimum atomic E-state index is 0.166. The second-order valence-electron chi connectivity index (χ2n) is 3.85. The molecule has 0 unspecified atom stereocenters. The predicted octanol–water partition coefficient (Wildman–Crippen LogP) is 2.47. The molecule has 1 fully saturated rings. The predicted molar refractivity (Wildman–Crippen MR) is 55.3 cm³/mol. The summed E-state index contributed by atoms with van der Waals surface area (Å²) in [6, 6.07) is 8.43. The van der Waals surface area contributed by atoms with Crippen molar-refractivity contribution >= 4 is 0 Å². The topological polar surface area (TPSA) is 21.8 Å². The summed E-state index contributed by atoms with van der Waals surface area (Å²) in [5.74, 6) is 0. The Kier molecular flexibility index (Phi) is 2.85. The van der Waals surface area contributed by atoms with E-state index < -0.39 is 0 Å². The normalized spacial score (nSPS) is 22.0. The molecule has 1 saturated heterocycles. The van der Waals surface area contributed by atoms with Crippen molar-refractivity contribution in [2.45, 2.75) is 26.1 Å². The van der Waals surface area contributed by atoms with Crippen LogP contribution in [0.1, 0.15) is 24.2 Å². The zero-order chi connectivity index (χ0) is 9.97. The summed E-state index contributed by atoms with van der Waals surface area (Å²) in [6.07, 6.45) is 0.515. The highest BCUT2D eigenvalue weighted by molar-refractivity contribution is 5.23. The van der Waals surface area contributed by atoms with Gasteiger partial charge in [-0.15, -0.1) is 0 Å². The van der Waals surface area contributed by atoms with Crippen LogP contribution in [0.5, 0.6) is 0 Å². The smallest absolute Gasteiger partial charge is 0.104 e. The number of hydrogen-bond acceptors (Lipinski definition) is 2. The summed E-state index contributed by atoms with van der Waals surface area (Å²) < 4.78 is 10.8. The van der Waals surface area contributed by atoms with Crippen LogP contribution in [-0.4, -0.2) is 19.3 Å². The van der Waals surface area contributed by atoms with E-state index in [1.165, 1.54) is 11.1 Å². The van der Waals surface area contributed by atoms with E-state index in [0.717, 1.165) is 13.2 Å². The van der Waals surface area contributed by atoms with E-state index in [2.05, 4.69) is 38.1 Å². The van der Waals surface area contributed by atoms with Gasteiger partial charge in [-0.2, -0.15) is 0 Å². The molecule has 0 saturated carbocycles. The third-order valence-electron chi connectivity index (χ3n) is 2.45. The van der Waals surface area contributed by atoms with Gasteiger partial charge in [0.2, 0.25) is 0 Å². The van der Waals surface area contributed by atoms with E-state index in [1.807, 2.05) is 0 Å². The van der Waals surface area contributed by atoms with Gasteiger partial charge in [-0.25, -0.2) is 0 Å². The summed E-state index contributed by atoms with van der Waals surface area (Å²) in [4.78, 5) is 0. The molecule has 0 aliphatic carbocycles. The molecule has 2 nitrogen and oxygen atoms in total. The lowest BCUT2D eigenvalue weighted by molar-refractivity contribution is 0.0539. The third-order valence-corrected chi connectivity index (χ3v) is 2.45. The molecule has 0 amide bonds. The van der Waals surface area contributed by atoms with E-state index in [4.69, 9.17) is 9.47 Å². The first kappa shape index (κ1) is 9.69. The molecule has 1 aromatic carbocycles. The Morgan fingerprint density at radius 2 is 2.36 bits per heavy atom. The second-order valence-corrected chi connectivity index (χ2v) is 3.85. The molecule has 1 aliphatic heterocycles. The summed E-state index contributed by atoms with van der Waals surface area (Å²) >= 11 is 0. The Bertz CT molecular complexity index is 305. The van der Waals surface area contributed by atoms with E-state index in [-0.39, 0.29) is 6.10 Å². The van der Waals surface area contributed by atoms with E-state index in [0.29, 0.717) is 6.10 Å². The van der Waals surface area contributed by atoms with Crippen molar-refractivity contribution < 1.29 is 9.47 Å². The number of benzene rings is 1. The molecular formula is C12H16O2. The van der Waals surface area contributed by atoms with Gasteiger partial charge in [-0.05, 0) is 19.4 Å². The maximum Gasteiger partial charge on any atom is 0.104 e. The second kappa shape index (κ2) is 4.11. The zero-order valence-corrected chi connectivity index (χ0v) is 8.69. The maximum absolute atomic E-state index is 5.68. The van der Waals surface area contributed by atoms with Crippen molar-refractivity contribution in [1.29, 1.82) is 0 Å². The van der Waals surface area contributed by atoms with Crippen LogP contribution in [0.25, 0.3) is 0 Å². The number of rotatable bonds is 4. The summed E-state index contributed by atoms with van der Waals surface area (Å²) in [5, 5.41) is 0. The third kappa shape index (κ3) is 2.56. The van der Waals surface area contributed by atoms with Crippen molar-refractivity contribution in [3.05, 3.63) is 35.4 Å². The largest absolute Gasteiger partial charge is 0.371 e. The fourth-order valence-electron chi connectivity index (χ4n) is 1.44.